The van der Waals surface area contributed by atoms with E-state index in [0.717, 1.165) is 11.1 Å². The summed E-state index contributed by atoms with van der Waals surface area (Å²) in [7, 11) is 3.23. The van der Waals surface area contributed by atoms with Gasteiger partial charge in [-0.2, -0.15) is 0 Å². The van der Waals surface area contributed by atoms with Crippen molar-refractivity contribution in [1.82, 2.24) is 0 Å². The molecule has 1 heterocycles. The van der Waals surface area contributed by atoms with E-state index in [1.165, 1.54) is 0 Å². The fourth-order valence-electron chi connectivity index (χ4n) is 3.74. The first-order chi connectivity index (χ1) is 16.7. The standard InChI is InChI=1S/C26H36O8/c1-28-13-15-30-19-22-23(31-16-14-29-2)24(32-17-20-9-5-3-6-10-20)25(26(27)34-22)33-18-21-11-7-4-8-12-21/h3-12,22-27H,13-19H2,1-2H3/t22-,23-,24+,25-,26+/m1/s1. The Kier molecular flexibility index (Phi) is 11.9. The van der Waals surface area contributed by atoms with Gasteiger partial charge in [0, 0.05) is 14.2 Å². The summed E-state index contributed by atoms with van der Waals surface area (Å²) in [5.74, 6) is 0. The van der Waals surface area contributed by atoms with Gasteiger partial charge < -0.3 is 38.3 Å². The highest BCUT2D eigenvalue weighted by molar-refractivity contribution is 5.14. The minimum Gasteiger partial charge on any atom is -0.382 e. The van der Waals surface area contributed by atoms with Crippen LogP contribution in [0.1, 0.15) is 11.1 Å². The predicted octanol–water partition coefficient (Wildman–Crippen LogP) is 2.57. The molecule has 8 nitrogen and oxygen atoms in total. The lowest BCUT2D eigenvalue weighted by Crippen LogP contribution is -2.61. The lowest BCUT2D eigenvalue weighted by atomic mass is 9.98. The molecule has 5 atom stereocenters. The Balaban J connectivity index is 1.76. The van der Waals surface area contributed by atoms with Crippen molar-refractivity contribution in [1.29, 1.82) is 0 Å². The second-order valence-electron chi connectivity index (χ2n) is 7.98. The molecule has 188 valence electrons. The first kappa shape index (κ1) is 26.7. The molecule has 2 aromatic carbocycles. The second kappa shape index (κ2) is 15.2. The monoisotopic (exact) mass is 476 g/mol. The smallest absolute Gasteiger partial charge is 0.184 e. The summed E-state index contributed by atoms with van der Waals surface area (Å²) in [4.78, 5) is 0. The van der Waals surface area contributed by atoms with E-state index in [4.69, 9.17) is 33.2 Å². The van der Waals surface area contributed by atoms with Gasteiger partial charge in [0.25, 0.3) is 0 Å². The van der Waals surface area contributed by atoms with E-state index < -0.39 is 30.7 Å². The van der Waals surface area contributed by atoms with Gasteiger partial charge in [0.15, 0.2) is 6.29 Å². The summed E-state index contributed by atoms with van der Waals surface area (Å²) in [5, 5.41) is 10.9. The van der Waals surface area contributed by atoms with E-state index in [9.17, 15) is 5.11 Å². The van der Waals surface area contributed by atoms with Crippen LogP contribution in [0.5, 0.6) is 0 Å². The van der Waals surface area contributed by atoms with Crippen LogP contribution in [-0.2, 0) is 46.4 Å². The second-order valence-corrected chi connectivity index (χ2v) is 7.98. The number of ether oxygens (including phenoxy) is 7. The van der Waals surface area contributed by atoms with E-state index in [1.54, 1.807) is 14.2 Å². The molecule has 1 N–H and O–H groups in total. The zero-order valence-corrected chi connectivity index (χ0v) is 19.9. The van der Waals surface area contributed by atoms with E-state index in [-0.39, 0.29) is 6.61 Å². The topological polar surface area (TPSA) is 84.8 Å². The molecule has 3 rings (SSSR count). The molecular weight excluding hydrogens is 440 g/mol. The fraction of sp³-hybridized carbons (Fsp3) is 0.538. The van der Waals surface area contributed by atoms with Gasteiger partial charge in [-0.05, 0) is 11.1 Å². The summed E-state index contributed by atoms with van der Waals surface area (Å²) >= 11 is 0. The van der Waals surface area contributed by atoms with Crippen LogP contribution in [0.15, 0.2) is 60.7 Å². The van der Waals surface area contributed by atoms with Crippen LogP contribution >= 0.6 is 0 Å². The fourth-order valence-corrected chi connectivity index (χ4v) is 3.74. The zero-order chi connectivity index (χ0) is 24.0. The van der Waals surface area contributed by atoms with Crippen molar-refractivity contribution in [3.05, 3.63) is 71.8 Å². The molecule has 1 saturated heterocycles. The quantitative estimate of drug-likeness (QED) is 0.393. The zero-order valence-electron chi connectivity index (χ0n) is 19.9. The van der Waals surface area contributed by atoms with Gasteiger partial charge in [0.1, 0.15) is 24.4 Å². The first-order valence-corrected chi connectivity index (χ1v) is 11.5. The third-order valence-electron chi connectivity index (χ3n) is 5.49. The van der Waals surface area contributed by atoms with E-state index in [2.05, 4.69) is 0 Å². The maximum Gasteiger partial charge on any atom is 0.184 e. The van der Waals surface area contributed by atoms with Gasteiger partial charge in [-0.25, -0.2) is 0 Å². The van der Waals surface area contributed by atoms with Crippen molar-refractivity contribution in [3.63, 3.8) is 0 Å². The molecule has 0 amide bonds. The highest BCUT2D eigenvalue weighted by Crippen LogP contribution is 2.29. The average Bonchev–Trinajstić information content (AvgIpc) is 2.87. The molecular formula is C26H36O8. The Labute approximate surface area is 201 Å². The van der Waals surface area contributed by atoms with Crippen molar-refractivity contribution in [2.24, 2.45) is 0 Å². The number of rotatable bonds is 15. The van der Waals surface area contributed by atoms with Crippen LogP contribution in [0, 0.1) is 0 Å². The number of hydrogen-bond donors (Lipinski definition) is 1. The van der Waals surface area contributed by atoms with Gasteiger partial charge in [-0.1, -0.05) is 60.7 Å². The molecule has 0 aromatic heterocycles. The third kappa shape index (κ3) is 8.41. The molecule has 0 bridgehead atoms. The number of methoxy groups -OCH3 is 2. The first-order valence-electron chi connectivity index (χ1n) is 11.5. The van der Waals surface area contributed by atoms with Crippen molar-refractivity contribution in [3.8, 4) is 0 Å². The maximum atomic E-state index is 10.9. The van der Waals surface area contributed by atoms with Crippen LogP contribution in [0.3, 0.4) is 0 Å². The molecule has 0 aliphatic carbocycles. The number of hydrogen-bond acceptors (Lipinski definition) is 8. The van der Waals surface area contributed by atoms with Gasteiger partial charge >= 0.3 is 0 Å². The highest BCUT2D eigenvalue weighted by Gasteiger charge is 2.47. The number of benzene rings is 2. The molecule has 0 saturated carbocycles. The molecule has 1 aliphatic heterocycles. The Morgan fingerprint density at radius 2 is 1.24 bits per heavy atom. The molecule has 1 fully saturated rings. The van der Waals surface area contributed by atoms with Crippen LogP contribution in [0.25, 0.3) is 0 Å². The Morgan fingerprint density at radius 1 is 0.676 bits per heavy atom. The summed E-state index contributed by atoms with van der Waals surface area (Å²) in [6, 6.07) is 19.6. The van der Waals surface area contributed by atoms with E-state index in [1.807, 2.05) is 60.7 Å². The molecule has 8 heteroatoms. The van der Waals surface area contributed by atoms with Crippen molar-refractivity contribution >= 4 is 0 Å². The van der Waals surface area contributed by atoms with Crippen molar-refractivity contribution in [2.75, 3.05) is 47.3 Å². The lowest BCUT2D eigenvalue weighted by molar-refractivity contribution is -0.316. The molecule has 0 spiro atoms. The van der Waals surface area contributed by atoms with Crippen LogP contribution in [-0.4, -0.2) is 83.1 Å². The van der Waals surface area contributed by atoms with E-state index in [0.29, 0.717) is 39.6 Å². The number of aliphatic hydroxyl groups excluding tert-OH is 1. The summed E-state index contributed by atoms with van der Waals surface area (Å²) in [5.41, 5.74) is 1.99. The van der Waals surface area contributed by atoms with Gasteiger partial charge in [-0.15, -0.1) is 0 Å². The SMILES string of the molecule is COCCOC[C@H]1O[C@H](O)[C@H](OCc2ccccc2)[C@@H](OCc2ccccc2)[C@@H]1OCCOC. The van der Waals surface area contributed by atoms with Gasteiger partial charge in [0.05, 0.1) is 46.2 Å². The molecule has 34 heavy (non-hydrogen) atoms. The van der Waals surface area contributed by atoms with E-state index >= 15 is 0 Å². The van der Waals surface area contributed by atoms with Crippen LogP contribution < -0.4 is 0 Å². The highest BCUT2D eigenvalue weighted by atomic mass is 16.7. The lowest BCUT2D eigenvalue weighted by Gasteiger charge is -2.44. The molecule has 0 radical (unpaired) electrons. The molecule has 1 aliphatic rings. The van der Waals surface area contributed by atoms with Crippen molar-refractivity contribution in [2.45, 2.75) is 43.9 Å². The van der Waals surface area contributed by atoms with Gasteiger partial charge in [0.2, 0.25) is 0 Å². The minimum atomic E-state index is -1.21. The summed E-state index contributed by atoms with van der Waals surface area (Å²) in [6.07, 6.45) is -3.65. The Hall–Kier alpha value is -1.88. The van der Waals surface area contributed by atoms with Crippen molar-refractivity contribution < 1.29 is 38.3 Å². The maximum absolute atomic E-state index is 10.9. The average molecular weight is 477 g/mol. The Bertz CT molecular complexity index is 775. The minimum absolute atomic E-state index is 0.217. The summed E-state index contributed by atoms with van der Waals surface area (Å²) in [6.45, 7) is 2.47. The third-order valence-corrected chi connectivity index (χ3v) is 5.49. The molecule has 0 unspecified atom stereocenters. The predicted molar refractivity (Wildman–Crippen MR) is 125 cm³/mol. The van der Waals surface area contributed by atoms with Crippen LogP contribution in [0.4, 0.5) is 0 Å². The normalized spacial score (nSPS) is 24.9. The largest absolute Gasteiger partial charge is 0.382 e. The van der Waals surface area contributed by atoms with Gasteiger partial charge in [-0.3, -0.25) is 0 Å². The summed E-state index contributed by atoms with van der Waals surface area (Å²) < 4.78 is 40.4. The van der Waals surface area contributed by atoms with Crippen LogP contribution in [0.2, 0.25) is 0 Å². The number of aliphatic hydroxyl groups is 1. The molecule has 2 aromatic rings. The Morgan fingerprint density at radius 3 is 1.82 bits per heavy atom.